The molecule has 11 heteroatoms. The Balaban J connectivity index is 1.97. The van der Waals surface area contributed by atoms with Crippen molar-refractivity contribution in [2.75, 3.05) is 0 Å². The summed E-state index contributed by atoms with van der Waals surface area (Å²) in [5.41, 5.74) is 0.568. The fourth-order valence-electron chi connectivity index (χ4n) is 1.69. The van der Waals surface area contributed by atoms with E-state index < -0.39 is 4.92 Å². The molecule has 0 radical (unpaired) electrons. The van der Waals surface area contributed by atoms with Crippen molar-refractivity contribution in [3.05, 3.63) is 52.9 Å². The number of hydrogen-bond donors (Lipinski definition) is 0. The molecule has 0 atom stereocenters. The summed E-state index contributed by atoms with van der Waals surface area (Å²) in [5, 5.41) is 30.9. The minimum Gasteiger partial charge on any atom is -0.311 e. The summed E-state index contributed by atoms with van der Waals surface area (Å²) in [6.45, 7) is 0. The molecule has 0 spiro atoms. The summed E-state index contributed by atoms with van der Waals surface area (Å²) < 4.78 is 3.16. The summed E-state index contributed by atoms with van der Waals surface area (Å²) in [4.78, 5) is 11.3. The first-order chi connectivity index (χ1) is 11.1. The molecule has 0 N–H and O–H groups in total. The van der Waals surface area contributed by atoms with Crippen molar-refractivity contribution in [2.45, 2.75) is 10.1 Å². The highest BCUT2D eigenvalue weighted by atomic mass is 32.2. The second-order valence-corrected chi connectivity index (χ2v) is 5.40. The number of nitrogens with zero attached hydrogens (tertiary/aromatic N) is 8. The molecule has 0 saturated heterocycles. The number of hydrogen-bond acceptors (Lipinski definition) is 8. The molecule has 3 aromatic rings. The van der Waals surface area contributed by atoms with Gasteiger partial charge in [0.15, 0.2) is 5.16 Å². The third kappa shape index (κ3) is 3.40. The zero-order valence-electron chi connectivity index (χ0n) is 11.8. The molecule has 1 aromatic carbocycles. The van der Waals surface area contributed by atoms with E-state index in [0.717, 1.165) is 4.90 Å². The number of aryl methyl sites for hydroxylation is 1. The lowest BCUT2D eigenvalue weighted by atomic mass is 10.2. The van der Waals surface area contributed by atoms with Gasteiger partial charge in [-0.05, 0) is 17.8 Å². The minimum atomic E-state index is -0.452. The van der Waals surface area contributed by atoms with Gasteiger partial charge in [0.05, 0.1) is 11.1 Å². The maximum absolute atomic E-state index is 11.0. The standard InChI is InChI=1S/C12H10N8O2S/c1-18-6-15-17-12(18)23-11-3-2-10(20(21)22)4-9(11)5-16-19-7-13-14-8-19/h2-8H,1H3/b16-5-. The van der Waals surface area contributed by atoms with Gasteiger partial charge < -0.3 is 4.57 Å². The number of benzene rings is 1. The first kappa shape index (κ1) is 14.8. The number of nitro benzene ring substituents is 1. The quantitative estimate of drug-likeness (QED) is 0.393. The smallest absolute Gasteiger partial charge is 0.270 e. The zero-order valence-corrected chi connectivity index (χ0v) is 12.7. The molecule has 2 heterocycles. The number of nitro groups is 1. The van der Waals surface area contributed by atoms with Crippen LogP contribution >= 0.6 is 11.8 Å². The van der Waals surface area contributed by atoms with Crippen LogP contribution in [0.25, 0.3) is 0 Å². The molecule has 0 unspecified atom stereocenters. The summed E-state index contributed by atoms with van der Waals surface area (Å²) in [6, 6.07) is 4.55. The van der Waals surface area contributed by atoms with E-state index in [9.17, 15) is 10.1 Å². The maximum Gasteiger partial charge on any atom is 0.270 e. The second-order valence-electron chi connectivity index (χ2n) is 4.39. The van der Waals surface area contributed by atoms with Gasteiger partial charge in [0, 0.05) is 29.6 Å². The number of aromatic nitrogens is 6. The van der Waals surface area contributed by atoms with Crippen molar-refractivity contribution < 1.29 is 4.92 Å². The van der Waals surface area contributed by atoms with Gasteiger partial charge in [-0.15, -0.1) is 20.4 Å². The topological polar surface area (TPSA) is 117 Å². The minimum absolute atomic E-state index is 0.0162. The first-order valence-electron chi connectivity index (χ1n) is 6.33. The fourth-order valence-corrected chi connectivity index (χ4v) is 2.53. The number of non-ortho nitro benzene ring substituents is 1. The van der Waals surface area contributed by atoms with Crippen LogP contribution in [0.4, 0.5) is 5.69 Å². The van der Waals surface area contributed by atoms with Crippen LogP contribution in [0.2, 0.25) is 0 Å². The fraction of sp³-hybridized carbons (Fsp3) is 0.0833. The number of rotatable bonds is 5. The average molecular weight is 330 g/mol. The van der Waals surface area contributed by atoms with Gasteiger partial charge >= 0.3 is 0 Å². The summed E-state index contributed by atoms with van der Waals surface area (Å²) >= 11 is 1.34. The Morgan fingerprint density at radius 2 is 2.04 bits per heavy atom. The average Bonchev–Trinajstić information content (AvgIpc) is 3.18. The van der Waals surface area contributed by atoms with Crippen LogP contribution in [0.15, 0.2) is 52.3 Å². The van der Waals surface area contributed by atoms with Crippen LogP contribution in [0, 0.1) is 10.1 Å². The van der Waals surface area contributed by atoms with E-state index in [2.05, 4.69) is 25.5 Å². The molecule has 0 bridgehead atoms. The normalized spacial score (nSPS) is 11.2. The Labute approximate surface area is 134 Å². The highest BCUT2D eigenvalue weighted by Gasteiger charge is 2.13. The van der Waals surface area contributed by atoms with Crippen molar-refractivity contribution in [3.8, 4) is 0 Å². The van der Waals surface area contributed by atoms with Crippen molar-refractivity contribution in [2.24, 2.45) is 12.1 Å². The van der Waals surface area contributed by atoms with Crippen molar-refractivity contribution in [1.82, 2.24) is 29.6 Å². The Morgan fingerprint density at radius 1 is 1.26 bits per heavy atom. The van der Waals surface area contributed by atoms with Gasteiger partial charge in [-0.3, -0.25) is 10.1 Å². The largest absolute Gasteiger partial charge is 0.311 e. The van der Waals surface area contributed by atoms with E-state index in [4.69, 9.17) is 0 Å². The first-order valence-corrected chi connectivity index (χ1v) is 7.14. The van der Waals surface area contributed by atoms with Crippen LogP contribution in [0.3, 0.4) is 0 Å². The van der Waals surface area contributed by atoms with E-state index in [1.165, 1.54) is 47.4 Å². The highest BCUT2D eigenvalue weighted by Crippen LogP contribution is 2.30. The maximum atomic E-state index is 11.0. The zero-order chi connectivity index (χ0) is 16.2. The van der Waals surface area contributed by atoms with E-state index in [1.807, 2.05) is 7.05 Å². The Morgan fingerprint density at radius 3 is 2.70 bits per heavy atom. The lowest BCUT2D eigenvalue weighted by Gasteiger charge is -2.05. The van der Waals surface area contributed by atoms with Crippen LogP contribution in [-0.2, 0) is 7.05 Å². The Kier molecular flexibility index (Phi) is 4.10. The molecule has 0 aliphatic rings. The highest BCUT2D eigenvalue weighted by molar-refractivity contribution is 7.99. The van der Waals surface area contributed by atoms with Crippen LogP contribution in [0.1, 0.15) is 5.56 Å². The van der Waals surface area contributed by atoms with E-state index in [1.54, 1.807) is 17.0 Å². The molecule has 2 aromatic heterocycles. The molecule has 0 fully saturated rings. The summed E-state index contributed by atoms with van der Waals surface area (Å²) in [7, 11) is 1.82. The van der Waals surface area contributed by atoms with E-state index in [-0.39, 0.29) is 5.69 Å². The van der Waals surface area contributed by atoms with E-state index >= 15 is 0 Å². The third-order valence-electron chi connectivity index (χ3n) is 2.81. The molecule has 116 valence electrons. The molecule has 0 aliphatic carbocycles. The van der Waals surface area contributed by atoms with Gasteiger partial charge in [0.1, 0.15) is 19.0 Å². The van der Waals surface area contributed by atoms with E-state index in [0.29, 0.717) is 10.7 Å². The van der Waals surface area contributed by atoms with Gasteiger partial charge in [0.25, 0.3) is 5.69 Å². The molecule has 10 nitrogen and oxygen atoms in total. The molecule has 0 amide bonds. The van der Waals surface area contributed by atoms with Gasteiger partial charge in [-0.1, -0.05) is 0 Å². The summed E-state index contributed by atoms with van der Waals surface area (Å²) in [5.74, 6) is 0. The van der Waals surface area contributed by atoms with Crippen molar-refractivity contribution in [1.29, 1.82) is 0 Å². The predicted octanol–water partition coefficient (Wildman–Crippen LogP) is 1.35. The summed E-state index contributed by atoms with van der Waals surface area (Å²) in [6.07, 6.45) is 5.93. The van der Waals surface area contributed by atoms with Crippen LogP contribution < -0.4 is 0 Å². The second kappa shape index (κ2) is 6.36. The van der Waals surface area contributed by atoms with Crippen molar-refractivity contribution in [3.63, 3.8) is 0 Å². The molecular formula is C12H10N8O2S. The lowest BCUT2D eigenvalue weighted by Crippen LogP contribution is -1.95. The third-order valence-corrected chi connectivity index (χ3v) is 3.96. The van der Waals surface area contributed by atoms with Crippen LogP contribution in [0.5, 0.6) is 0 Å². The molecule has 3 rings (SSSR count). The SMILES string of the molecule is Cn1cnnc1Sc1ccc([N+](=O)[O-])cc1/C=N\n1cnnc1. The Bertz CT molecular complexity index is 858. The van der Waals surface area contributed by atoms with Crippen LogP contribution in [-0.4, -0.2) is 40.8 Å². The molecule has 0 aliphatic heterocycles. The van der Waals surface area contributed by atoms with Gasteiger partial charge in [-0.25, -0.2) is 4.68 Å². The Hall–Kier alpha value is -3.08. The molecular weight excluding hydrogens is 320 g/mol. The lowest BCUT2D eigenvalue weighted by molar-refractivity contribution is -0.384. The van der Waals surface area contributed by atoms with Crippen molar-refractivity contribution >= 4 is 23.7 Å². The molecule has 0 saturated carbocycles. The monoisotopic (exact) mass is 330 g/mol. The van der Waals surface area contributed by atoms with Gasteiger partial charge in [0.2, 0.25) is 0 Å². The molecule has 23 heavy (non-hydrogen) atoms. The van der Waals surface area contributed by atoms with Gasteiger partial charge in [-0.2, -0.15) is 5.10 Å². The predicted molar refractivity (Wildman–Crippen MR) is 81.2 cm³/mol.